The van der Waals surface area contributed by atoms with Gasteiger partial charge in [-0.2, -0.15) is 5.10 Å². The number of carbonyl (C=O) groups excluding carboxylic acids is 1. The van der Waals surface area contributed by atoms with Gasteiger partial charge in [-0.15, -0.1) is 0 Å². The van der Waals surface area contributed by atoms with Crippen LogP contribution in [0.2, 0.25) is 5.02 Å². The second-order valence-corrected chi connectivity index (χ2v) is 6.30. The number of nitrogens with zero attached hydrogens (tertiary/aromatic N) is 2. The molecule has 2 heterocycles. The zero-order valence-electron chi connectivity index (χ0n) is 14.2. The maximum atomic E-state index is 12.8. The van der Waals surface area contributed by atoms with Gasteiger partial charge in [0.05, 0.1) is 16.8 Å². The van der Waals surface area contributed by atoms with Gasteiger partial charge in [-0.3, -0.25) is 9.78 Å². The van der Waals surface area contributed by atoms with Crippen LogP contribution >= 0.6 is 11.6 Å². The largest absolute Gasteiger partial charge is 0.349 e. The Morgan fingerprint density at radius 2 is 1.93 bits per heavy atom. The molecule has 27 heavy (non-hydrogen) atoms. The molecule has 2 N–H and O–H groups in total. The van der Waals surface area contributed by atoms with Crippen LogP contribution in [0.1, 0.15) is 16.1 Å². The number of para-hydroxylation sites is 1. The van der Waals surface area contributed by atoms with E-state index in [1.807, 2.05) is 48.5 Å². The van der Waals surface area contributed by atoms with E-state index in [4.69, 9.17) is 11.6 Å². The second kappa shape index (κ2) is 7.43. The number of aromatic amines is 1. The SMILES string of the molecule is O=C(N/N=C/c1cccnc1)c1[nH]c2c(Cl)cccc2c1-c1ccccc1. The number of pyridine rings is 1. The van der Waals surface area contributed by atoms with E-state index in [9.17, 15) is 4.79 Å². The Balaban J connectivity index is 1.73. The minimum absolute atomic E-state index is 0.346. The molecule has 0 saturated carbocycles. The van der Waals surface area contributed by atoms with Crippen LogP contribution in [0.15, 0.2) is 78.2 Å². The summed E-state index contributed by atoms with van der Waals surface area (Å²) in [7, 11) is 0. The van der Waals surface area contributed by atoms with Crippen molar-refractivity contribution in [2.24, 2.45) is 5.10 Å². The minimum atomic E-state index is -0.346. The summed E-state index contributed by atoms with van der Waals surface area (Å²) in [6, 6.07) is 19.0. The average molecular weight is 375 g/mol. The molecule has 2 aromatic heterocycles. The standard InChI is InChI=1S/C21H15ClN4O/c22-17-10-4-9-16-18(15-7-2-1-3-8-15)20(25-19(16)17)21(27)26-24-13-14-6-5-11-23-12-14/h1-13,25H,(H,26,27)/b24-13+. The number of hydrazone groups is 1. The second-order valence-electron chi connectivity index (χ2n) is 5.89. The number of benzene rings is 2. The van der Waals surface area contributed by atoms with E-state index < -0.39 is 0 Å². The van der Waals surface area contributed by atoms with Crippen LogP contribution in [0.4, 0.5) is 0 Å². The lowest BCUT2D eigenvalue weighted by atomic mass is 10.0. The summed E-state index contributed by atoms with van der Waals surface area (Å²) in [6.45, 7) is 0. The van der Waals surface area contributed by atoms with Crippen molar-refractivity contribution in [1.29, 1.82) is 0 Å². The Kier molecular flexibility index (Phi) is 4.68. The smallest absolute Gasteiger partial charge is 0.288 e. The van der Waals surface area contributed by atoms with Crippen molar-refractivity contribution in [3.05, 3.63) is 89.3 Å². The van der Waals surface area contributed by atoms with Crippen molar-refractivity contribution in [1.82, 2.24) is 15.4 Å². The Morgan fingerprint density at radius 1 is 1.07 bits per heavy atom. The predicted octanol–water partition coefficient (Wildman–Crippen LogP) is 4.65. The number of H-pyrrole nitrogens is 1. The highest BCUT2D eigenvalue weighted by Gasteiger charge is 2.20. The van der Waals surface area contributed by atoms with Crippen LogP contribution in [0.3, 0.4) is 0 Å². The highest BCUT2D eigenvalue weighted by atomic mass is 35.5. The molecule has 0 unspecified atom stereocenters. The molecule has 0 atom stereocenters. The molecular formula is C21H15ClN4O. The molecule has 4 aromatic rings. The molecule has 6 heteroatoms. The summed E-state index contributed by atoms with van der Waals surface area (Å²) < 4.78 is 0. The van der Waals surface area contributed by atoms with Crippen LogP contribution in [0.25, 0.3) is 22.0 Å². The van der Waals surface area contributed by atoms with Gasteiger partial charge in [0, 0.05) is 28.9 Å². The number of fused-ring (bicyclic) bond motifs is 1. The number of aromatic nitrogens is 2. The first-order valence-electron chi connectivity index (χ1n) is 8.33. The van der Waals surface area contributed by atoms with Crippen LogP contribution in [0, 0.1) is 0 Å². The third-order valence-electron chi connectivity index (χ3n) is 4.14. The number of halogens is 1. The molecule has 0 aliphatic heterocycles. The molecule has 0 saturated heterocycles. The van der Waals surface area contributed by atoms with E-state index in [0.717, 1.165) is 27.6 Å². The molecule has 132 valence electrons. The van der Waals surface area contributed by atoms with Gasteiger partial charge in [-0.25, -0.2) is 5.43 Å². The Morgan fingerprint density at radius 3 is 2.70 bits per heavy atom. The van der Waals surface area contributed by atoms with E-state index in [1.165, 1.54) is 0 Å². The van der Waals surface area contributed by atoms with Crippen LogP contribution < -0.4 is 5.43 Å². The fraction of sp³-hybridized carbons (Fsp3) is 0. The van der Waals surface area contributed by atoms with Gasteiger partial charge in [0.25, 0.3) is 5.91 Å². The van der Waals surface area contributed by atoms with Crippen molar-refractivity contribution >= 4 is 34.6 Å². The van der Waals surface area contributed by atoms with E-state index in [2.05, 4.69) is 20.5 Å². The van der Waals surface area contributed by atoms with Gasteiger partial charge in [-0.05, 0) is 17.7 Å². The summed E-state index contributed by atoms with van der Waals surface area (Å²) in [4.78, 5) is 20.0. The molecule has 2 aromatic carbocycles. The average Bonchev–Trinajstić information content (AvgIpc) is 3.10. The molecule has 4 rings (SSSR count). The van der Waals surface area contributed by atoms with E-state index >= 15 is 0 Å². The lowest BCUT2D eigenvalue weighted by Gasteiger charge is -2.04. The number of nitrogens with one attached hydrogen (secondary N) is 2. The summed E-state index contributed by atoms with van der Waals surface area (Å²) in [6.07, 6.45) is 4.88. The third kappa shape index (κ3) is 3.45. The monoisotopic (exact) mass is 374 g/mol. The number of hydrogen-bond donors (Lipinski definition) is 2. The number of hydrogen-bond acceptors (Lipinski definition) is 3. The summed E-state index contributed by atoms with van der Waals surface area (Å²) >= 11 is 6.32. The first-order chi connectivity index (χ1) is 13.2. The van der Waals surface area contributed by atoms with Crippen molar-refractivity contribution < 1.29 is 4.79 Å². The van der Waals surface area contributed by atoms with E-state index in [1.54, 1.807) is 30.7 Å². The maximum absolute atomic E-state index is 12.8. The van der Waals surface area contributed by atoms with Crippen LogP contribution in [0.5, 0.6) is 0 Å². The van der Waals surface area contributed by atoms with E-state index in [0.29, 0.717) is 10.7 Å². The third-order valence-corrected chi connectivity index (χ3v) is 4.45. The van der Waals surface area contributed by atoms with Gasteiger partial charge in [0.1, 0.15) is 5.69 Å². The molecular weight excluding hydrogens is 360 g/mol. The molecule has 1 amide bonds. The predicted molar refractivity (Wildman–Crippen MR) is 108 cm³/mol. The van der Waals surface area contributed by atoms with Crippen molar-refractivity contribution in [3.8, 4) is 11.1 Å². The Labute approximate surface area is 160 Å². The Hall–Kier alpha value is -3.44. The molecule has 0 fully saturated rings. The molecule has 5 nitrogen and oxygen atoms in total. The van der Waals surface area contributed by atoms with Gasteiger partial charge in [0.2, 0.25) is 0 Å². The number of rotatable bonds is 4. The van der Waals surface area contributed by atoms with Gasteiger partial charge in [-0.1, -0.05) is 60.1 Å². The zero-order valence-corrected chi connectivity index (χ0v) is 14.9. The fourth-order valence-electron chi connectivity index (χ4n) is 2.93. The zero-order chi connectivity index (χ0) is 18.6. The van der Waals surface area contributed by atoms with Gasteiger partial charge >= 0.3 is 0 Å². The van der Waals surface area contributed by atoms with Crippen molar-refractivity contribution in [2.45, 2.75) is 0 Å². The van der Waals surface area contributed by atoms with Gasteiger partial charge < -0.3 is 4.98 Å². The van der Waals surface area contributed by atoms with Crippen LogP contribution in [-0.4, -0.2) is 22.1 Å². The highest BCUT2D eigenvalue weighted by molar-refractivity contribution is 6.36. The van der Waals surface area contributed by atoms with Gasteiger partial charge in [0.15, 0.2) is 0 Å². The first kappa shape index (κ1) is 17.0. The minimum Gasteiger partial charge on any atom is -0.349 e. The lowest BCUT2D eigenvalue weighted by molar-refractivity contribution is 0.0951. The lowest BCUT2D eigenvalue weighted by Crippen LogP contribution is -2.18. The maximum Gasteiger partial charge on any atom is 0.288 e. The molecule has 0 aliphatic rings. The molecule has 0 radical (unpaired) electrons. The molecule has 0 spiro atoms. The van der Waals surface area contributed by atoms with Crippen molar-refractivity contribution in [3.63, 3.8) is 0 Å². The number of amides is 1. The van der Waals surface area contributed by atoms with Crippen molar-refractivity contribution in [2.75, 3.05) is 0 Å². The summed E-state index contributed by atoms with van der Waals surface area (Å²) in [5, 5.41) is 5.47. The normalized spacial score (nSPS) is 11.1. The molecule has 0 aliphatic carbocycles. The fourth-order valence-corrected chi connectivity index (χ4v) is 3.15. The highest BCUT2D eigenvalue weighted by Crippen LogP contribution is 2.35. The quantitative estimate of drug-likeness (QED) is 0.403. The van der Waals surface area contributed by atoms with E-state index in [-0.39, 0.29) is 5.91 Å². The summed E-state index contributed by atoms with van der Waals surface area (Å²) in [5.41, 5.74) is 6.21. The number of carbonyl (C=O) groups is 1. The van der Waals surface area contributed by atoms with Crippen LogP contribution in [-0.2, 0) is 0 Å². The molecule has 0 bridgehead atoms. The Bertz CT molecular complexity index is 1120. The first-order valence-corrected chi connectivity index (χ1v) is 8.71. The summed E-state index contributed by atoms with van der Waals surface area (Å²) in [5.74, 6) is -0.346. The topological polar surface area (TPSA) is 70.1 Å².